The Kier molecular flexibility index (Phi) is 4.36. The molecule has 0 bridgehead atoms. The zero-order valence-electron chi connectivity index (χ0n) is 5.48. The number of ether oxygens (including phenoxy) is 1. The smallest absolute Gasteiger partial charge is 0.250 e. The van der Waals surface area contributed by atoms with Gasteiger partial charge in [-0.05, 0) is 18.5 Å². The highest BCUT2D eigenvalue weighted by Crippen LogP contribution is 1.99. The van der Waals surface area contributed by atoms with Crippen molar-refractivity contribution in [2.24, 2.45) is 0 Å². The lowest BCUT2D eigenvalue weighted by Gasteiger charge is -1.96. The Morgan fingerprint density at radius 1 is 1.78 bits per heavy atom. The SMILES string of the molecule is C/C=C(\COC)C(=O)Cl. The molecule has 0 aliphatic carbocycles. The molecule has 3 heteroatoms. The predicted octanol–water partition coefficient (Wildman–Crippen LogP) is 1.34. The van der Waals surface area contributed by atoms with Gasteiger partial charge in [-0.1, -0.05) is 6.08 Å². The van der Waals surface area contributed by atoms with Gasteiger partial charge in [-0.2, -0.15) is 0 Å². The standard InChI is InChI=1S/C6H9ClO2/c1-3-5(4-9-2)6(7)8/h3H,4H2,1-2H3/b5-3+. The molecule has 0 aromatic carbocycles. The van der Waals surface area contributed by atoms with Crippen LogP contribution in [0.1, 0.15) is 6.92 Å². The molecule has 2 nitrogen and oxygen atoms in total. The lowest BCUT2D eigenvalue weighted by molar-refractivity contribution is -0.109. The van der Waals surface area contributed by atoms with Crippen LogP contribution in [0.25, 0.3) is 0 Å². The number of rotatable bonds is 3. The Bertz CT molecular complexity index is 129. The van der Waals surface area contributed by atoms with Crippen LogP contribution in [0.2, 0.25) is 0 Å². The van der Waals surface area contributed by atoms with E-state index in [4.69, 9.17) is 11.6 Å². The molecule has 52 valence electrons. The number of hydrogen-bond donors (Lipinski definition) is 0. The topological polar surface area (TPSA) is 26.3 Å². The van der Waals surface area contributed by atoms with Crippen LogP contribution in [-0.4, -0.2) is 19.0 Å². The quantitative estimate of drug-likeness (QED) is 0.446. The van der Waals surface area contributed by atoms with E-state index in [1.807, 2.05) is 0 Å². The van der Waals surface area contributed by atoms with E-state index in [-0.39, 0.29) is 0 Å². The van der Waals surface area contributed by atoms with E-state index >= 15 is 0 Å². The molecule has 0 radical (unpaired) electrons. The van der Waals surface area contributed by atoms with Gasteiger partial charge in [0, 0.05) is 12.7 Å². The molecular formula is C6H9ClO2. The Morgan fingerprint density at radius 3 is 2.44 bits per heavy atom. The molecule has 0 aromatic rings. The average molecular weight is 149 g/mol. The lowest BCUT2D eigenvalue weighted by Crippen LogP contribution is -2.00. The molecule has 0 unspecified atom stereocenters. The van der Waals surface area contributed by atoms with E-state index in [0.29, 0.717) is 12.2 Å². The molecule has 0 atom stereocenters. The van der Waals surface area contributed by atoms with Crippen LogP contribution in [0.5, 0.6) is 0 Å². The molecule has 0 heterocycles. The van der Waals surface area contributed by atoms with Crippen molar-refractivity contribution >= 4 is 16.8 Å². The minimum Gasteiger partial charge on any atom is -0.380 e. The number of carbonyl (C=O) groups is 1. The monoisotopic (exact) mass is 148 g/mol. The Labute approximate surface area is 59.5 Å². The largest absolute Gasteiger partial charge is 0.380 e. The molecular weight excluding hydrogens is 140 g/mol. The van der Waals surface area contributed by atoms with Crippen LogP contribution in [0.15, 0.2) is 11.6 Å². The summed E-state index contributed by atoms with van der Waals surface area (Å²) in [4.78, 5) is 10.4. The van der Waals surface area contributed by atoms with E-state index in [2.05, 4.69) is 4.74 Å². The zero-order valence-corrected chi connectivity index (χ0v) is 6.23. The van der Waals surface area contributed by atoms with Gasteiger partial charge in [0.1, 0.15) is 0 Å². The summed E-state index contributed by atoms with van der Waals surface area (Å²) in [6, 6.07) is 0. The number of carbonyl (C=O) groups excluding carboxylic acids is 1. The average Bonchev–Trinajstić information content (AvgIpc) is 1.82. The molecule has 0 aliphatic rings. The Balaban J connectivity index is 3.85. The van der Waals surface area contributed by atoms with Gasteiger partial charge in [0.05, 0.1) is 6.61 Å². The van der Waals surface area contributed by atoms with Gasteiger partial charge >= 0.3 is 0 Å². The first kappa shape index (κ1) is 8.66. The molecule has 0 fully saturated rings. The van der Waals surface area contributed by atoms with Crippen LogP contribution in [-0.2, 0) is 9.53 Å². The van der Waals surface area contributed by atoms with Gasteiger partial charge in [0.15, 0.2) is 0 Å². The molecule has 0 N–H and O–H groups in total. The van der Waals surface area contributed by atoms with Gasteiger partial charge in [-0.3, -0.25) is 4.79 Å². The summed E-state index contributed by atoms with van der Waals surface area (Å²) in [5.41, 5.74) is 0.499. The highest BCUT2D eigenvalue weighted by molar-refractivity contribution is 6.67. The summed E-state index contributed by atoms with van der Waals surface area (Å²) in [6.07, 6.45) is 1.64. The van der Waals surface area contributed by atoms with Crippen LogP contribution < -0.4 is 0 Å². The first-order valence-corrected chi connectivity index (χ1v) is 2.94. The summed E-state index contributed by atoms with van der Waals surface area (Å²) < 4.78 is 4.68. The fourth-order valence-electron chi connectivity index (χ4n) is 0.409. The molecule has 0 rings (SSSR count). The van der Waals surface area contributed by atoms with Crippen molar-refractivity contribution in [1.82, 2.24) is 0 Å². The third-order valence-corrected chi connectivity index (χ3v) is 1.14. The minimum atomic E-state index is -0.445. The second-order valence-electron chi connectivity index (χ2n) is 1.52. The maximum atomic E-state index is 10.4. The first-order valence-electron chi connectivity index (χ1n) is 2.56. The van der Waals surface area contributed by atoms with Crippen LogP contribution in [0.3, 0.4) is 0 Å². The van der Waals surface area contributed by atoms with E-state index in [1.165, 1.54) is 7.11 Å². The van der Waals surface area contributed by atoms with Crippen molar-refractivity contribution in [2.45, 2.75) is 6.92 Å². The normalized spacial score (nSPS) is 11.7. The molecule has 0 aromatic heterocycles. The predicted molar refractivity (Wildman–Crippen MR) is 36.5 cm³/mol. The highest BCUT2D eigenvalue weighted by Gasteiger charge is 2.01. The zero-order chi connectivity index (χ0) is 7.28. The molecule has 0 saturated heterocycles. The van der Waals surface area contributed by atoms with E-state index in [0.717, 1.165) is 0 Å². The van der Waals surface area contributed by atoms with Crippen molar-refractivity contribution in [2.75, 3.05) is 13.7 Å². The number of halogens is 1. The highest BCUT2D eigenvalue weighted by atomic mass is 35.5. The van der Waals surface area contributed by atoms with Gasteiger partial charge < -0.3 is 4.74 Å². The summed E-state index contributed by atoms with van der Waals surface area (Å²) in [5, 5.41) is -0.445. The number of allylic oxidation sites excluding steroid dienone is 1. The summed E-state index contributed by atoms with van der Waals surface area (Å²) in [7, 11) is 1.52. The van der Waals surface area contributed by atoms with Crippen LogP contribution in [0.4, 0.5) is 0 Å². The maximum Gasteiger partial charge on any atom is 0.250 e. The van der Waals surface area contributed by atoms with E-state index in [9.17, 15) is 4.79 Å². The van der Waals surface area contributed by atoms with Crippen LogP contribution in [0, 0.1) is 0 Å². The number of methoxy groups -OCH3 is 1. The summed E-state index contributed by atoms with van der Waals surface area (Å²) >= 11 is 5.14. The van der Waals surface area contributed by atoms with Crippen molar-refractivity contribution in [3.63, 3.8) is 0 Å². The van der Waals surface area contributed by atoms with Crippen molar-refractivity contribution < 1.29 is 9.53 Å². The minimum absolute atomic E-state index is 0.291. The second kappa shape index (κ2) is 4.53. The van der Waals surface area contributed by atoms with Crippen molar-refractivity contribution in [3.8, 4) is 0 Å². The summed E-state index contributed by atoms with van der Waals surface area (Å²) in [6.45, 7) is 2.04. The molecule has 0 amide bonds. The molecule has 0 aliphatic heterocycles. The van der Waals surface area contributed by atoms with Gasteiger partial charge in [0.25, 0.3) is 0 Å². The Hall–Kier alpha value is -0.340. The molecule has 9 heavy (non-hydrogen) atoms. The third-order valence-electron chi connectivity index (χ3n) is 0.901. The molecule has 0 spiro atoms. The van der Waals surface area contributed by atoms with Gasteiger partial charge in [-0.25, -0.2) is 0 Å². The fourth-order valence-corrected chi connectivity index (χ4v) is 0.573. The van der Waals surface area contributed by atoms with Crippen molar-refractivity contribution in [3.05, 3.63) is 11.6 Å². The molecule has 0 saturated carbocycles. The Morgan fingerprint density at radius 2 is 2.33 bits per heavy atom. The lowest BCUT2D eigenvalue weighted by atomic mass is 10.3. The number of hydrogen-bond acceptors (Lipinski definition) is 2. The van der Waals surface area contributed by atoms with E-state index < -0.39 is 5.24 Å². The van der Waals surface area contributed by atoms with E-state index in [1.54, 1.807) is 13.0 Å². The fraction of sp³-hybridized carbons (Fsp3) is 0.500. The summed E-state index contributed by atoms with van der Waals surface area (Å²) in [5.74, 6) is 0. The first-order chi connectivity index (χ1) is 4.22. The second-order valence-corrected chi connectivity index (χ2v) is 1.86. The van der Waals surface area contributed by atoms with Gasteiger partial charge in [0.2, 0.25) is 5.24 Å². The third kappa shape index (κ3) is 3.27. The van der Waals surface area contributed by atoms with Gasteiger partial charge in [-0.15, -0.1) is 0 Å². The maximum absolute atomic E-state index is 10.4. The van der Waals surface area contributed by atoms with Crippen LogP contribution >= 0.6 is 11.6 Å². The van der Waals surface area contributed by atoms with Crippen molar-refractivity contribution in [1.29, 1.82) is 0 Å².